The normalized spacial score (nSPS) is 18.4. The van der Waals surface area contributed by atoms with E-state index in [-0.39, 0.29) is 29.9 Å². The summed E-state index contributed by atoms with van der Waals surface area (Å²) in [5.41, 5.74) is 1.76. The number of ether oxygens (including phenoxy) is 1. The number of aryl methyl sites for hydroxylation is 1. The summed E-state index contributed by atoms with van der Waals surface area (Å²) >= 11 is 0. The van der Waals surface area contributed by atoms with Gasteiger partial charge in [-0.3, -0.25) is 4.79 Å². The zero-order chi connectivity index (χ0) is 29.2. The second-order valence-electron chi connectivity index (χ2n) is 10.6. The Bertz CT molecular complexity index is 1370. The van der Waals surface area contributed by atoms with Crippen LogP contribution in [0.2, 0.25) is 0 Å². The summed E-state index contributed by atoms with van der Waals surface area (Å²) in [5.74, 6) is 1.95. The third-order valence-electron chi connectivity index (χ3n) is 7.99. The van der Waals surface area contributed by atoms with Crippen molar-refractivity contribution in [2.24, 2.45) is 5.92 Å². The highest BCUT2D eigenvalue weighted by Gasteiger charge is 2.34. The van der Waals surface area contributed by atoms with Crippen molar-refractivity contribution >= 4 is 22.6 Å². The molecule has 2 aromatic carbocycles. The number of amides is 1. The number of fused-ring (bicyclic) bond motifs is 1. The molecule has 1 aromatic heterocycles. The molecular weight excluding hydrogens is 521 g/mol. The number of methoxy groups -OCH3 is 1. The first kappa shape index (κ1) is 29.6. The minimum absolute atomic E-state index is 0.0598. The number of rotatable bonds is 8. The van der Waals surface area contributed by atoms with Crippen molar-refractivity contribution in [1.82, 2.24) is 14.9 Å². The van der Waals surface area contributed by atoms with Gasteiger partial charge in [0.15, 0.2) is 0 Å². The molecule has 0 spiro atoms. The molecule has 7 nitrogen and oxygen atoms in total. The minimum Gasteiger partial charge on any atom is -0.496 e. The lowest BCUT2D eigenvalue weighted by molar-refractivity contribution is -0.138. The van der Waals surface area contributed by atoms with E-state index < -0.39 is 17.8 Å². The number of nitrogens with one attached hydrogen (secondary N) is 1. The fraction of sp³-hybridized carbons (Fsp3) is 0.500. The van der Waals surface area contributed by atoms with E-state index in [0.29, 0.717) is 35.0 Å². The quantitative estimate of drug-likeness (QED) is 0.344. The van der Waals surface area contributed by atoms with Crippen molar-refractivity contribution in [3.05, 3.63) is 58.4 Å². The Labute approximate surface area is 232 Å². The van der Waals surface area contributed by atoms with E-state index in [4.69, 9.17) is 9.84 Å². The Morgan fingerprint density at radius 3 is 2.50 bits per heavy atom. The monoisotopic (exact) mass is 558 g/mol. The van der Waals surface area contributed by atoms with Crippen LogP contribution in [0.3, 0.4) is 0 Å². The number of likely N-dealkylation sites (N-methyl/N-ethyl adjacent to an activating group) is 1. The summed E-state index contributed by atoms with van der Waals surface area (Å²) in [6.07, 6.45) is -1.34. The highest BCUT2D eigenvalue weighted by atomic mass is 19.4. The fourth-order valence-electron chi connectivity index (χ4n) is 5.83. The predicted molar refractivity (Wildman–Crippen MR) is 148 cm³/mol. The first-order chi connectivity index (χ1) is 18.9. The van der Waals surface area contributed by atoms with Crippen LogP contribution in [-0.2, 0) is 11.0 Å². The van der Waals surface area contributed by atoms with Gasteiger partial charge in [-0.25, -0.2) is 9.97 Å². The number of nitrogens with zero attached hydrogens (tertiary/aromatic N) is 3. The molecule has 1 aliphatic rings. The van der Waals surface area contributed by atoms with Gasteiger partial charge in [-0.05, 0) is 81.2 Å². The second kappa shape index (κ2) is 12.0. The van der Waals surface area contributed by atoms with Crippen LogP contribution in [0.1, 0.15) is 72.6 Å². The average Bonchev–Trinajstić information content (AvgIpc) is 2.91. The van der Waals surface area contributed by atoms with E-state index in [2.05, 4.69) is 15.3 Å². The van der Waals surface area contributed by atoms with Crippen molar-refractivity contribution < 1.29 is 27.8 Å². The van der Waals surface area contributed by atoms with E-state index in [1.807, 2.05) is 19.1 Å². The Morgan fingerprint density at radius 1 is 1.18 bits per heavy atom. The maximum atomic E-state index is 13.5. The zero-order valence-corrected chi connectivity index (χ0v) is 23.6. The topological polar surface area (TPSA) is 87.6 Å². The van der Waals surface area contributed by atoms with E-state index in [1.54, 1.807) is 32.0 Å². The summed E-state index contributed by atoms with van der Waals surface area (Å²) < 4.78 is 46.3. The third kappa shape index (κ3) is 6.16. The number of aromatic nitrogens is 2. The molecule has 4 rings (SSSR count). The maximum absolute atomic E-state index is 13.5. The molecule has 40 heavy (non-hydrogen) atoms. The fourth-order valence-corrected chi connectivity index (χ4v) is 5.83. The molecule has 0 radical (unpaired) electrons. The Kier molecular flexibility index (Phi) is 8.87. The largest absolute Gasteiger partial charge is 0.496 e. The number of carbonyl (C=O) groups excluding carboxylic acids is 1. The van der Waals surface area contributed by atoms with Crippen LogP contribution < -0.4 is 10.1 Å². The van der Waals surface area contributed by atoms with Crippen LogP contribution in [0.5, 0.6) is 5.75 Å². The molecule has 0 bridgehead atoms. The van der Waals surface area contributed by atoms with E-state index in [0.717, 1.165) is 42.7 Å². The van der Waals surface area contributed by atoms with Crippen molar-refractivity contribution in [3.63, 3.8) is 0 Å². The number of hydrogen-bond acceptors (Lipinski definition) is 6. The third-order valence-corrected chi connectivity index (χ3v) is 7.99. The van der Waals surface area contributed by atoms with Crippen LogP contribution in [-0.4, -0.2) is 53.2 Å². The molecule has 1 saturated carbocycles. The molecule has 1 heterocycles. The summed E-state index contributed by atoms with van der Waals surface area (Å²) in [5, 5.41) is 13.3. The van der Waals surface area contributed by atoms with Gasteiger partial charge < -0.3 is 20.1 Å². The van der Waals surface area contributed by atoms with Gasteiger partial charge in [-0.1, -0.05) is 12.1 Å². The van der Waals surface area contributed by atoms with Crippen molar-refractivity contribution in [2.45, 2.75) is 64.6 Å². The Morgan fingerprint density at radius 2 is 1.88 bits per heavy atom. The van der Waals surface area contributed by atoms with Gasteiger partial charge in [0.1, 0.15) is 17.4 Å². The highest BCUT2D eigenvalue weighted by Crippen LogP contribution is 2.43. The first-order valence-corrected chi connectivity index (χ1v) is 13.6. The lowest BCUT2D eigenvalue weighted by atomic mass is 9.77. The summed E-state index contributed by atoms with van der Waals surface area (Å²) in [4.78, 5) is 23.5. The van der Waals surface area contributed by atoms with Crippen LogP contribution in [0.15, 0.2) is 30.3 Å². The highest BCUT2D eigenvalue weighted by molar-refractivity contribution is 5.91. The van der Waals surface area contributed by atoms with Crippen molar-refractivity contribution in [3.8, 4) is 5.75 Å². The Balaban J connectivity index is 1.64. The van der Waals surface area contributed by atoms with Gasteiger partial charge in [0.2, 0.25) is 5.91 Å². The lowest BCUT2D eigenvalue weighted by Crippen LogP contribution is -2.36. The molecule has 0 saturated heterocycles. The number of aliphatic hydroxyl groups is 1. The lowest BCUT2D eigenvalue weighted by Gasteiger charge is -2.31. The average molecular weight is 559 g/mol. The minimum atomic E-state index is -4.43. The molecule has 2 N–H and O–H groups in total. The number of alkyl halides is 3. The SMILES string of the molecule is COc1cc2nc(C)nc(N[C@H](C)c3cccc(C(F)(F)F)c3C)c2cc1[C@H]1CC[C@@H](C(=O)N(C)CCO)CC1. The van der Waals surface area contributed by atoms with E-state index in [1.165, 1.54) is 13.0 Å². The van der Waals surface area contributed by atoms with Gasteiger partial charge in [0, 0.05) is 31.0 Å². The van der Waals surface area contributed by atoms with Gasteiger partial charge >= 0.3 is 6.18 Å². The molecule has 10 heteroatoms. The second-order valence-corrected chi connectivity index (χ2v) is 10.6. The van der Waals surface area contributed by atoms with Crippen LogP contribution >= 0.6 is 0 Å². The molecule has 1 atom stereocenters. The smallest absolute Gasteiger partial charge is 0.416 e. The number of aliphatic hydroxyl groups excluding tert-OH is 1. The van der Waals surface area contributed by atoms with Crippen LogP contribution in [0.25, 0.3) is 10.9 Å². The molecular formula is C30H37F3N4O3. The van der Waals surface area contributed by atoms with Gasteiger partial charge in [-0.2, -0.15) is 13.2 Å². The molecule has 0 aliphatic heterocycles. The molecule has 1 fully saturated rings. The predicted octanol–water partition coefficient (Wildman–Crippen LogP) is 6.17. The van der Waals surface area contributed by atoms with Gasteiger partial charge in [0.25, 0.3) is 0 Å². The van der Waals surface area contributed by atoms with Crippen molar-refractivity contribution in [1.29, 1.82) is 0 Å². The van der Waals surface area contributed by atoms with Gasteiger partial charge in [0.05, 0.1) is 30.8 Å². The molecule has 1 amide bonds. The molecule has 0 unspecified atom stereocenters. The van der Waals surface area contributed by atoms with Crippen molar-refractivity contribution in [2.75, 3.05) is 32.6 Å². The zero-order valence-electron chi connectivity index (χ0n) is 23.6. The van der Waals surface area contributed by atoms with Crippen LogP contribution in [0, 0.1) is 19.8 Å². The number of benzene rings is 2. The summed E-state index contributed by atoms with van der Waals surface area (Å²) in [7, 11) is 3.34. The molecule has 1 aliphatic carbocycles. The number of carbonyl (C=O) groups is 1. The molecule has 3 aromatic rings. The summed E-state index contributed by atoms with van der Waals surface area (Å²) in [6.45, 7) is 5.35. The van der Waals surface area contributed by atoms with E-state index in [9.17, 15) is 18.0 Å². The first-order valence-electron chi connectivity index (χ1n) is 13.6. The Hall–Kier alpha value is -3.40. The van der Waals surface area contributed by atoms with E-state index >= 15 is 0 Å². The molecule has 216 valence electrons. The van der Waals surface area contributed by atoms with Gasteiger partial charge in [-0.15, -0.1) is 0 Å². The standard InChI is InChI=1S/C30H37F3N4O3/c1-17-22(7-6-8-25(17)30(31,32)33)18(2)34-28-24-15-23(27(40-5)16-26(24)35-19(3)36-28)20-9-11-21(12-10-20)29(39)37(4)13-14-38/h6-8,15-16,18,20-21,38H,9-14H2,1-5H3,(H,34,35,36)/t18-,20-,21+/m1/s1. The maximum Gasteiger partial charge on any atom is 0.416 e. The summed E-state index contributed by atoms with van der Waals surface area (Å²) in [6, 6.07) is 7.69. The number of anilines is 1. The number of hydrogen-bond donors (Lipinski definition) is 2. The number of halogens is 3. The van der Waals surface area contributed by atoms with Crippen LogP contribution in [0.4, 0.5) is 19.0 Å².